The molecular formula is C38H46N4O8+2. The number of carbonyl (C=O) groups excluding carboxylic acids is 3. The fourth-order valence-corrected chi connectivity index (χ4v) is 9.27. The molecule has 4 atom stereocenters. The fourth-order valence-electron chi connectivity index (χ4n) is 9.27. The lowest BCUT2D eigenvalue weighted by Gasteiger charge is -2.55. The number of fused-ring (bicyclic) bond motifs is 7. The number of amides is 2. The van der Waals surface area contributed by atoms with Gasteiger partial charge in [0.1, 0.15) is 57.3 Å². The monoisotopic (exact) mass is 686 g/mol. The van der Waals surface area contributed by atoms with Crippen molar-refractivity contribution in [1.29, 1.82) is 0 Å². The molecule has 0 aromatic heterocycles. The van der Waals surface area contributed by atoms with Crippen LogP contribution in [0.25, 0.3) is 16.7 Å². The third-order valence-corrected chi connectivity index (χ3v) is 12.1. The number of carboxylic acids is 1. The van der Waals surface area contributed by atoms with E-state index in [4.69, 9.17) is 15.2 Å². The number of hydrogen-bond donors (Lipinski definition) is 3. The summed E-state index contributed by atoms with van der Waals surface area (Å²) in [6.07, 6.45) is 2.52. The van der Waals surface area contributed by atoms with Gasteiger partial charge >= 0.3 is 11.9 Å². The molecular weight excluding hydrogens is 640 g/mol. The highest BCUT2D eigenvalue weighted by Crippen LogP contribution is 2.50. The number of benzene rings is 2. The lowest BCUT2D eigenvalue weighted by Crippen LogP contribution is -2.76. The minimum atomic E-state index is -1.20. The predicted molar refractivity (Wildman–Crippen MR) is 183 cm³/mol. The number of aliphatic hydroxyl groups is 1. The van der Waals surface area contributed by atoms with E-state index in [1.165, 1.54) is 23.6 Å². The quantitative estimate of drug-likeness (QED) is 0.113. The molecule has 5 aliphatic heterocycles. The van der Waals surface area contributed by atoms with E-state index in [-0.39, 0.29) is 30.0 Å². The van der Waals surface area contributed by atoms with Gasteiger partial charge in [-0.2, -0.15) is 0 Å². The van der Waals surface area contributed by atoms with Crippen molar-refractivity contribution in [3.63, 3.8) is 0 Å². The van der Waals surface area contributed by atoms with Crippen molar-refractivity contribution in [3.8, 4) is 16.9 Å². The van der Waals surface area contributed by atoms with Gasteiger partial charge in [-0.3, -0.25) is 9.59 Å². The van der Waals surface area contributed by atoms with Crippen LogP contribution in [0.2, 0.25) is 0 Å². The fraction of sp³-hybridized carbons (Fsp3) is 0.474. The molecule has 8 rings (SSSR count). The van der Waals surface area contributed by atoms with E-state index in [0.29, 0.717) is 17.9 Å². The Kier molecular flexibility index (Phi) is 8.60. The maximum atomic E-state index is 12.8. The Morgan fingerprint density at radius 2 is 1.74 bits per heavy atom. The molecule has 50 heavy (non-hydrogen) atoms. The maximum Gasteiger partial charge on any atom is 0.352 e. The van der Waals surface area contributed by atoms with Crippen LogP contribution in [0, 0.1) is 11.8 Å². The number of aliphatic carboxylic acids is 1. The van der Waals surface area contributed by atoms with Crippen LogP contribution in [0.3, 0.4) is 0 Å². The Bertz CT molecular complexity index is 1820. The zero-order valence-electron chi connectivity index (χ0n) is 28.9. The molecule has 5 heterocycles. The van der Waals surface area contributed by atoms with E-state index in [2.05, 4.69) is 18.2 Å². The number of primary amides is 1. The van der Waals surface area contributed by atoms with Crippen molar-refractivity contribution in [2.75, 3.05) is 66.1 Å². The Balaban J connectivity index is 1.11. The second-order valence-electron chi connectivity index (χ2n) is 14.8. The molecule has 3 unspecified atom stereocenters. The molecule has 4 N–H and O–H groups in total. The first-order valence-electron chi connectivity index (χ1n) is 17.5. The second kappa shape index (κ2) is 12.7. The number of nitrogens with zero attached hydrogens (tertiary/aromatic N) is 3. The molecule has 0 spiro atoms. The molecule has 2 aromatic rings. The van der Waals surface area contributed by atoms with Crippen LogP contribution in [0.4, 0.5) is 0 Å². The number of esters is 1. The minimum Gasteiger partial charge on any atom is -0.488 e. The first kappa shape index (κ1) is 34.0. The van der Waals surface area contributed by atoms with E-state index in [1.807, 2.05) is 25.1 Å². The van der Waals surface area contributed by atoms with E-state index >= 15 is 0 Å². The summed E-state index contributed by atoms with van der Waals surface area (Å²) in [4.78, 5) is 50.7. The van der Waals surface area contributed by atoms with Gasteiger partial charge in [0.05, 0.1) is 31.7 Å². The molecule has 4 saturated heterocycles. The van der Waals surface area contributed by atoms with Crippen molar-refractivity contribution in [3.05, 3.63) is 70.4 Å². The van der Waals surface area contributed by atoms with Crippen molar-refractivity contribution >= 4 is 29.3 Å². The van der Waals surface area contributed by atoms with E-state index in [9.17, 15) is 29.4 Å². The third kappa shape index (κ3) is 5.59. The highest BCUT2D eigenvalue weighted by atomic mass is 16.5. The lowest BCUT2D eigenvalue weighted by molar-refractivity contribution is -1.08. The molecule has 1 aliphatic carbocycles. The Labute approximate surface area is 291 Å². The van der Waals surface area contributed by atoms with Crippen molar-refractivity contribution in [1.82, 2.24) is 4.90 Å². The Hall–Kier alpha value is -4.52. The standard InChI is InChI=1S/C38H44N4O8/c1-22-29(36(38(47)48)40-35(22)33(23(2)43)37(40)46)21-50-30-8-4-7-25-28(19-32(45)49-3)27-18-24(9-10-26(27)34(25)30)6-5-11-41-12-15-42(16-13-41,17-14-41)20-31(39)44/h4,7-10,18-19,22-23,33,35,43H,5-6,11-17,20-21H2,1-3H3,(H-2,39,44,47,48)/p+2/t22-,23?,33?,35?,41?,42?/m0/s1. The van der Waals surface area contributed by atoms with Crippen LogP contribution in [0.1, 0.15) is 37.0 Å². The summed E-state index contributed by atoms with van der Waals surface area (Å²) in [6, 6.07) is 11.5. The van der Waals surface area contributed by atoms with Gasteiger partial charge in [-0.05, 0) is 47.2 Å². The van der Waals surface area contributed by atoms with Gasteiger partial charge in [-0.25, -0.2) is 9.59 Å². The van der Waals surface area contributed by atoms with Crippen LogP contribution in [-0.2, 0) is 30.3 Å². The van der Waals surface area contributed by atoms with Crippen LogP contribution in [0.5, 0.6) is 5.75 Å². The van der Waals surface area contributed by atoms with Crippen molar-refractivity contribution < 1.29 is 47.8 Å². The smallest absolute Gasteiger partial charge is 0.352 e. The van der Waals surface area contributed by atoms with Crippen molar-refractivity contribution in [2.45, 2.75) is 38.8 Å². The molecule has 2 bridgehead atoms. The molecule has 264 valence electrons. The van der Waals surface area contributed by atoms with E-state index in [0.717, 1.165) is 95.4 Å². The summed E-state index contributed by atoms with van der Waals surface area (Å²) >= 11 is 0. The number of nitrogens with two attached hydrogens (primary N) is 1. The number of methoxy groups -OCH3 is 1. The topological polar surface area (TPSA) is 156 Å². The number of quaternary nitrogens is 2. The third-order valence-electron chi connectivity index (χ3n) is 12.1. The minimum absolute atomic E-state index is 0.0436. The van der Waals surface area contributed by atoms with Crippen LogP contribution in [0.15, 0.2) is 53.7 Å². The molecule has 0 saturated carbocycles. The normalized spacial score (nSPS) is 29.0. The first-order valence-corrected chi connectivity index (χ1v) is 17.5. The number of aliphatic hydroxyl groups excluding tert-OH is 1. The number of ether oxygens (including phenoxy) is 2. The van der Waals surface area contributed by atoms with E-state index < -0.39 is 30.0 Å². The number of carbonyl (C=O) groups is 4. The zero-order valence-corrected chi connectivity index (χ0v) is 28.9. The molecule has 4 fully saturated rings. The summed E-state index contributed by atoms with van der Waals surface area (Å²) in [5.74, 6) is -2.69. The summed E-state index contributed by atoms with van der Waals surface area (Å²) < 4.78 is 13.3. The van der Waals surface area contributed by atoms with Gasteiger partial charge < -0.3 is 39.3 Å². The number of rotatable bonds is 12. The highest BCUT2D eigenvalue weighted by molar-refractivity contribution is 6.08. The zero-order chi connectivity index (χ0) is 35.5. The lowest BCUT2D eigenvalue weighted by atomic mass is 9.78. The van der Waals surface area contributed by atoms with Gasteiger partial charge in [0.25, 0.3) is 5.91 Å². The summed E-state index contributed by atoms with van der Waals surface area (Å²) in [5.41, 5.74) is 11.3. The maximum absolute atomic E-state index is 12.8. The van der Waals surface area contributed by atoms with Gasteiger partial charge in [-0.1, -0.05) is 37.3 Å². The molecule has 6 aliphatic rings. The molecule has 0 radical (unpaired) electrons. The van der Waals surface area contributed by atoms with E-state index in [1.54, 1.807) is 6.92 Å². The van der Waals surface area contributed by atoms with Gasteiger partial charge in [0, 0.05) is 29.6 Å². The number of aryl methyl sites for hydroxylation is 1. The largest absolute Gasteiger partial charge is 0.488 e. The SMILES string of the molecule is COC(=O)C=C1c2cc(CCC[N+]34CC[N+](CC(N)=O)(CC3)CC4)ccc2-c2c(OCC3=C(C(=O)O)N4C(=O)C(C(C)O)C4[C@H]3C)cccc21. The van der Waals surface area contributed by atoms with Crippen LogP contribution >= 0.6 is 0 Å². The number of hydrogen-bond acceptors (Lipinski definition) is 7. The average Bonchev–Trinajstić information content (AvgIpc) is 3.52. The number of piperazine rings is 3. The van der Waals surface area contributed by atoms with Gasteiger partial charge in [0.15, 0.2) is 6.54 Å². The van der Waals surface area contributed by atoms with Crippen molar-refractivity contribution in [2.24, 2.45) is 17.6 Å². The summed E-state index contributed by atoms with van der Waals surface area (Å²) in [5, 5.41) is 20.3. The summed E-state index contributed by atoms with van der Waals surface area (Å²) in [6.45, 7) is 11.1. The van der Waals surface area contributed by atoms with Crippen LogP contribution < -0.4 is 10.5 Å². The first-order chi connectivity index (χ1) is 23.9. The average molecular weight is 687 g/mol. The number of carboxylic acid groups (broad SMARTS) is 1. The Morgan fingerprint density at radius 1 is 1.04 bits per heavy atom. The molecule has 2 amide bonds. The van der Waals surface area contributed by atoms with Crippen LogP contribution in [-0.4, -0.2) is 126 Å². The molecule has 12 heteroatoms. The second-order valence-corrected chi connectivity index (χ2v) is 14.8. The van der Waals surface area contributed by atoms with Gasteiger partial charge in [-0.15, -0.1) is 0 Å². The Morgan fingerprint density at radius 3 is 2.38 bits per heavy atom. The predicted octanol–water partition coefficient (Wildman–Crippen LogP) is 1.93. The van der Waals surface area contributed by atoms with Gasteiger partial charge in [0.2, 0.25) is 5.91 Å². The number of β-lactam (4-membered cyclic amide) rings is 1. The molecule has 2 aromatic carbocycles. The molecule has 12 nitrogen and oxygen atoms in total. The summed E-state index contributed by atoms with van der Waals surface area (Å²) in [7, 11) is 1.35. The highest BCUT2D eigenvalue weighted by Gasteiger charge is 2.60.